The number of benzene rings is 1. The lowest BCUT2D eigenvalue weighted by Crippen LogP contribution is -2.33. The van der Waals surface area contributed by atoms with E-state index in [0.29, 0.717) is 18.2 Å². The van der Waals surface area contributed by atoms with Crippen LogP contribution in [0.3, 0.4) is 0 Å². The van der Waals surface area contributed by atoms with Gasteiger partial charge in [0.05, 0.1) is 18.2 Å². The molecular weight excluding hydrogens is 366 g/mol. The Balaban J connectivity index is 2.04. The van der Waals surface area contributed by atoms with E-state index in [0.717, 1.165) is 15.6 Å². The largest absolute Gasteiger partial charge is 0.357 e. The van der Waals surface area contributed by atoms with Gasteiger partial charge in [-0.2, -0.15) is 5.26 Å². The number of carbonyl (C=O) groups excluding carboxylic acids is 1. The van der Waals surface area contributed by atoms with Gasteiger partial charge in [0, 0.05) is 18.8 Å². The van der Waals surface area contributed by atoms with Crippen molar-refractivity contribution in [2.24, 2.45) is 0 Å². The van der Waals surface area contributed by atoms with E-state index in [1.807, 2.05) is 32.0 Å². The van der Waals surface area contributed by atoms with Crippen molar-refractivity contribution in [2.45, 2.75) is 24.6 Å². The second-order valence-electron chi connectivity index (χ2n) is 5.55. The van der Waals surface area contributed by atoms with Gasteiger partial charge in [-0.15, -0.1) is 16.8 Å². The van der Waals surface area contributed by atoms with Crippen LogP contribution in [0.5, 0.6) is 0 Å². The molecule has 0 fully saturated rings. The van der Waals surface area contributed by atoms with Gasteiger partial charge >= 0.3 is 0 Å². The molecule has 1 aromatic carbocycles. The number of aryl methyl sites for hydroxylation is 2. The summed E-state index contributed by atoms with van der Waals surface area (Å²) in [5.74, 6) is 0.193. The molecule has 0 bridgehead atoms. The Labute approximate surface area is 161 Å². The summed E-state index contributed by atoms with van der Waals surface area (Å²) in [6.45, 7) is 8.68. The first-order valence-corrected chi connectivity index (χ1v) is 9.91. The van der Waals surface area contributed by atoms with Crippen molar-refractivity contribution >= 4 is 39.8 Å². The summed E-state index contributed by atoms with van der Waals surface area (Å²) < 4.78 is 0.727. The molecule has 2 aromatic rings. The fraction of sp³-hybridized carbons (Fsp3) is 0.333. The highest BCUT2D eigenvalue weighted by Gasteiger charge is 2.17. The third kappa shape index (κ3) is 5.58. The summed E-state index contributed by atoms with van der Waals surface area (Å²) >= 11 is 2.75. The van der Waals surface area contributed by atoms with E-state index in [-0.39, 0.29) is 18.1 Å². The van der Waals surface area contributed by atoms with Crippen molar-refractivity contribution in [1.29, 1.82) is 5.26 Å². The van der Waals surface area contributed by atoms with E-state index in [1.54, 1.807) is 11.0 Å². The first-order valence-electron chi connectivity index (χ1n) is 8.10. The zero-order chi connectivity index (χ0) is 18.9. The van der Waals surface area contributed by atoms with Crippen LogP contribution < -0.4 is 10.2 Å². The van der Waals surface area contributed by atoms with Crippen molar-refractivity contribution in [2.75, 3.05) is 29.1 Å². The second kappa shape index (κ2) is 9.94. The number of carbonyl (C=O) groups is 1. The predicted molar refractivity (Wildman–Crippen MR) is 108 cm³/mol. The SMILES string of the molecule is C=CCNc1nnc(SCC(=O)N(CCC#N)c2ccc(C)c(C)c2)s1. The number of anilines is 2. The van der Waals surface area contributed by atoms with Gasteiger partial charge in [-0.05, 0) is 37.1 Å². The van der Waals surface area contributed by atoms with Gasteiger partial charge in [-0.3, -0.25) is 4.79 Å². The van der Waals surface area contributed by atoms with Crippen molar-refractivity contribution in [3.05, 3.63) is 42.0 Å². The molecule has 0 spiro atoms. The molecule has 0 radical (unpaired) electrons. The average Bonchev–Trinajstić information content (AvgIpc) is 3.09. The molecule has 6 nitrogen and oxygen atoms in total. The normalized spacial score (nSPS) is 10.2. The smallest absolute Gasteiger partial charge is 0.237 e. The molecule has 0 saturated heterocycles. The Morgan fingerprint density at radius 1 is 1.42 bits per heavy atom. The van der Waals surface area contributed by atoms with E-state index < -0.39 is 0 Å². The minimum absolute atomic E-state index is 0.0516. The van der Waals surface area contributed by atoms with Gasteiger partial charge in [0.1, 0.15) is 0 Å². The summed E-state index contributed by atoms with van der Waals surface area (Å²) in [7, 11) is 0. The number of thioether (sulfide) groups is 1. The molecule has 136 valence electrons. The lowest BCUT2D eigenvalue weighted by molar-refractivity contribution is -0.116. The Hall–Kier alpha value is -2.37. The Morgan fingerprint density at radius 2 is 2.23 bits per heavy atom. The molecule has 0 unspecified atom stereocenters. The molecule has 0 aliphatic carbocycles. The average molecular weight is 388 g/mol. The molecule has 1 N–H and O–H groups in total. The third-order valence-electron chi connectivity index (χ3n) is 3.67. The molecule has 0 saturated carbocycles. The van der Waals surface area contributed by atoms with Crippen molar-refractivity contribution < 1.29 is 4.79 Å². The number of hydrogen-bond donors (Lipinski definition) is 1. The fourth-order valence-electron chi connectivity index (χ4n) is 2.15. The number of rotatable bonds is 9. The molecular formula is C18H21N5OS2. The van der Waals surface area contributed by atoms with Crippen LogP contribution in [0.15, 0.2) is 35.2 Å². The summed E-state index contributed by atoms with van der Waals surface area (Å²) in [5, 5.41) is 20.8. The van der Waals surface area contributed by atoms with Gasteiger partial charge in [0.2, 0.25) is 11.0 Å². The van der Waals surface area contributed by atoms with Crippen LogP contribution in [0.2, 0.25) is 0 Å². The van der Waals surface area contributed by atoms with Gasteiger partial charge in [-0.1, -0.05) is 35.2 Å². The van der Waals surface area contributed by atoms with Gasteiger partial charge in [0.15, 0.2) is 4.34 Å². The molecule has 2 rings (SSSR count). The number of nitrogens with one attached hydrogen (secondary N) is 1. The van der Waals surface area contributed by atoms with Crippen LogP contribution in [-0.4, -0.2) is 34.9 Å². The first-order chi connectivity index (χ1) is 12.5. The number of amides is 1. The summed E-state index contributed by atoms with van der Waals surface area (Å²) in [6.07, 6.45) is 2.03. The lowest BCUT2D eigenvalue weighted by Gasteiger charge is -2.22. The number of hydrogen-bond acceptors (Lipinski definition) is 7. The Kier molecular flexibility index (Phi) is 7.63. The molecule has 1 heterocycles. The molecule has 1 amide bonds. The van der Waals surface area contributed by atoms with E-state index in [1.165, 1.54) is 28.7 Å². The molecule has 0 aliphatic rings. The summed E-state index contributed by atoms with van der Waals surface area (Å²) in [6, 6.07) is 8.01. The molecule has 0 aliphatic heterocycles. The monoisotopic (exact) mass is 387 g/mol. The van der Waals surface area contributed by atoms with Crippen LogP contribution >= 0.6 is 23.1 Å². The van der Waals surface area contributed by atoms with Gasteiger partial charge < -0.3 is 10.2 Å². The van der Waals surface area contributed by atoms with E-state index in [4.69, 9.17) is 5.26 Å². The van der Waals surface area contributed by atoms with E-state index in [2.05, 4.69) is 28.2 Å². The highest BCUT2D eigenvalue weighted by atomic mass is 32.2. The molecule has 0 atom stereocenters. The zero-order valence-electron chi connectivity index (χ0n) is 14.9. The highest BCUT2D eigenvalue weighted by molar-refractivity contribution is 8.01. The fourth-order valence-corrected chi connectivity index (χ4v) is 3.79. The zero-order valence-corrected chi connectivity index (χ0v) is 16.5. The maximum atomic E-state index is 12.7. The molecule has 1 aromatic heterocycles. The van der Waals surface area contributed by atoms with E-state index >= 15 is 0 Å². The standard InChI is InChI=1S/C18H21N5OS2/c1-4-9-20-17-21-22-18(26-17)25-12-16(24)23(10-5-8-19)15-7-6-13(2)14(3)11-15/h4,6-7,11H,1,5,9-10,12H2,2-3H3,(H,20,21). The number of aromatic nitrogens is 2. The van der Waals surface area contributed by atoms with E-state index in [9.17, 15) is 4.79 Å². The first kappa shape index (κ1) is 19.9. The van der Waals surface area contributed by atoms with Crippen LogP contribution in [0.1, 0.15) is 17.5 Å². The highest BCUT2D eigenvalue weighted by Crippen LogP contribution is 2.27. The van der Waals surface area contributed by atoms with Gasteiger partial charge in [0.25, 0.3) is 0 Å². The second-order valence-corrected chi connectivity index (χ2v) is 7.75. The van der Waals surface area contributed by atoms with Crippen LogP contribution in [0.25, 0.3) is 0 Å². The summed E-state index contributed by atoms with van der Waals surface area (Å²) in [5.41, 5.74) is 3.11. The van der Waals surface area contributed by atoms with Crippen LogP contribution in [0.4, 0.5) is 10.8 Å². The topological polar surface area (TPSA) is 81.9 Å². The Bertz CT molecular complexity index is 812. The van der Waals surface area contributed by atoms with Crippen molar-refractivity contribution in [1.82, 2.24) is 10.2 Å². The number of nitrogens with zero attached hydrogens (tertiary/aromatic N) is 4. The minimum Gasteiger partial charge on any atom is -0.357 e. The third-order valence-corrected chi connectivity index (χ3v) is 5.67. The summed E-state index contributed by atoms with van der Waals surface area (Å²) in [4.78, 5) is 14.4. The lowest BCUT2D eigenvalue weighted by atomic mass is 10.1. The maximum Gasteiger partial charge on any atom is 0.237 e. The van der Waals surface area contributed by atoms with Crippen LogP contribution in [-0.2, 0) is 4.79 Å². The minimum atomic E-state index is -0.0516. The molecule has 26 heavy (non-hydrogen) atoms. The predicted octanol–water partition coefficient (Wildman–Crippen LogP) is 3.79. The Morgan fingerprint density at radius 3 is 2.92 bits per heavy atom. The molecule has 8 heteroatoms. The quantitative estimate of drug-likeness (QED) is 0.521. The van der Waals surface area contributed by atoms with Crippen molar-refractivity contribution in [3.63, 3.8) is 0 Å². The van der Waals surface area contributed by atoms with Crippen molar-refractivity contribution in [3.8, 4) is 6.07 Å². The maximum absolute atomic E-state index is 12.7. The number of nitriles is 1. The van der Waals surface area contributed by atoms with Crippen LogP contribution in [0, 0.1) is 25.2 Å². The van der Waals surface area contributed by atoms with Gasteiger partial charge in [-0.25, -0.2) is 0 Å².